The van der Waals surface area contributed by atoms with Crippen LogP contribution in [0, 0.1) is 0 Å². The molecule has 0 spiro atoms. The van der Waals surface area contributed by atoms with E-state index in [1.807, 2.05) is 29.8 Å². The van der Waals surface area contributed by atoms with Gasteiger partial charge in [0.1, 0.15) is 23.9 Å². The van der Waals surface area contributed by atoms with E-state index in [9.17, 15) is 14.7 Å². The maximum atomic E-state index is 13.2. The van der Waals surface area contributed by atoms with Crippen molar-refractivity contribution in [3.8, 4) is 11.5 Å². The molecular formula is C28H29N3O5. The van der Waals surface area contributed by atoms with Gasteiger partial charge in [0.25, 0.3) is 11.7 Å². The molecule has 1 amide bonds. The van der Waals surface area contributed by atoms with Gasteiger partial charge in [0.15, 0.2) is 0 Å². The summed E-state index contributed by atoms with van der Waals surface area (Å²) in [7, 11) is 0. The van der Waals surface area contributed by atoms with E-state index in [2.05, 4.69) is 11.6 Å². The average molecular weight is 488 g/mol. The summed E-state index contributed by atoms with van der Waals surface area (Å²) in [6.45, 7) is 7.31. The molecule has 1 aliphatic heterocycles. The van der Waals surface area contributed by atoms with Gasteiger partial charge >= 0.3 is 0 Å². The van der Waals surface area contributed by atoms with E-state index in [4.69, 9.17) is 9.47 Å². The van der Waals surface area contributed by atoms with Crippen molar-refractivity contribution < 1.29 is 24.2 Å². The highest BCUT2D eigenvalue weighted by Crippen LogP contribution is 2.40. The van der Waals surface area contributed by atoms with E-state index in [-0.39, 0.29) is 11.3 Å². The average Bonchev–Trinajstić information content (AvgIpc) is 3.50. The number of aliphatic hydroxyl groups is 1. The summed E-state index contributed by atoms with van der Waals surface area (Å²) in [5.41, 5.74) is 1.16. The topological polar surface area (TPSA) is 93.9 Å². The fourth-order valence-electron chi connectivity index (χ4n) is 4.26. The summed E-state index contributed by atoms with van der Waals surface area (Å²) < 4.78 is 13.0. The van der Waals surface area contributed by atoms with Crippen molar-refractivity contribution in [2.45, 2.75) is 25.9 Å². The van der Waals surface area contributed by atoms with Crippen LogP contribution < -0.4 is 9.47 Å². The molecule has 2 heterocycles. The number of carbonyl (C=O) groups excluding carboxylic acids is 2. The van der Waals surface area contributed by atoms with Gasteiger partial charge in [-0.2, -0.15) is 0 Å². The predicted molar refractivity (Wildman–Crippen MR) is 136 cm³/mol. The van der Waals surface area contributed by atoms with Gasteiger partial charge in [-0.1, -0.05) is 36.9 Å². The number of hydrogen-bond donors (Lipinski definition) is 1. The maximum Gasteiger partial charge on any atom is 0.295 e. The zero-order valence-corrected chi connectivity index (χ0v) is 20.2. The molecule has 0 bridgehead atoms. The molecule has 1 aliphatic rings. The van der Waals surface area contributed by atoms with Crippen molar-refractivity contribution in [1.29, 1.82) is 0 Å². The molecule has 186 valence electrons. The monoisotopic (exact) mass is 487 g/mol. The molecule has 0 radical (unpaired) electrons. The third-order valence-electron chi connectivity index (χ3n) is 5.90. The Morgan fingerprint density at radius 2 is 1.92 bits per heavy atom. The lowest BCUT2D eigenvalue weighted by Crippen LogP contribution is -2.31. The van der Waals surface area contributed by atoms with Gasteiger partial charge < -0.3 is 24.0 Å². The highest BCUT2D eigenvalue weighted by atomic mass is 16.5. The van der Waals surface area contributed by atoms with E-state index >= 15 is 0 Å². The second-order valence-electron chi connectivity index (χ2n) is 8.28. The molecule has 0 saturated carbocycles. The normalized spacial score (nSPS) is 16.8. The second-order valence-corrected chi connectivity index (χ2v) is 8.28. The van der Waals surface area contributed by atoms with Gasteiger partial charge in [0, 0.05) is 31.0 Å². The summed E-state index contributed by atoms with van der Waals surface area (Å²) >= 11 is 0. The minimum atomic E-state index is -0.739. The van der Waals surface area contributed by atoms with E-state index in [0.717, 1.165) is 0 Å². The minimum absolute atomic E-state index is 0.0519. The largest absolute Gasteiger partial charge is 0.507 e. The summed E-state index contributed by atoms with van der Waals surface area (Å²) in [5, 5.41) is 11.3. The quantitative estimate of drug-likeness (QED) is 0.187. The first-order valence-electron chi connectivity index (χ1n) is 11.8. The Morgan fingerprint density at radius 3 is 2.61 bits per heavy atom. The Balaban J connectivity index is 1.71. The number of ether oxygens (including phenoxy) is 2. The number of amides is 1. The van der Waals surface area contributed by atoms with E-state index in [0.29, 0.717) is 55.4 Å². The lowest BCUT2D eigenvalue weighted by atomic mass is 9.95. The molecule has 36 heavy (non-hydrogen) atoms. The van der Waals surface area contributed by atoms with Crippen molar-refractivity contribution in [1.82, 2.24) is 14.5 Å². The number of likely N-dealkylation sites (tertiary alicyclic amines) is 1. The van der Waals surface area contributed by atoms with Crippen molar-refractivity contribution in [3.63, 3.8) is 0 Å². The number of aromatic nitrogens is 2. The molecule has 1 saturated heterocycles. The molecule has 3 aromatic rings. The first-order chi connectivity index (χ1) is 17.5. The lowest BCUT2D eigenvalue weighted by Gasteiger charge is -2.25. The number of nitrogens with zero attached hydrogens (tertiary/aromatic N) is 3. The Labute approximate surface area is 210 Å². The van der Waals surface area contributed by atoms with Crippen LogP contribution in [0.5, 0.6) is 11.5 Å². The number of rotatable bonds is 11. The fraction of sp³-hybridized carbons (Fsp3) is 0.250. The molecule has 1 atom stereocenters. The van der Waals surface area contributed by atoms with E-state index in [1.165, 1.54) is 4.90 Å². The highest BCUT2D eigenvalue weighted by Gasteiger charge is 2.45. The maximum absolute atomic E-state index is 13.2. The van der Waals surface area contributed by atoms with Gasteiger partial charge in [-0.05, 0) is 43.2 Å². The van der Waals surface area contributed by atoms with Crippen LogP contribution in [0.2, 0.25) is 0 Å². The minimum Gasteiger partial charge on any atom is -0.507 e. The lowest BCUT2D eigenvalue weighted by molar-refractivity contribution is -0.139. The molecule has 0 aliphatic carbocycles. The van der Waals surface area contributed by atoms with Crippen molar-refractivity contribution in [2.75, 3.05) is 19.8 Å². The van der Waals surface area contributed by atoms with Crippen LogP contribution in [-0.2, 0) is 16.1 Å². The summed E-state index contributed by atoms with van der Waals surface area (Å²) in [5.74, 6) is -0.380. The molecule has 1 aromatic heterocycles. The number of carbonyl (C=O) groups is 2. The number of hydrogen-bond acceptors (Lipinski definition) is 6. The number of aliphatic hydroxyl groups excluding tert-OH is 1. The van der Waals surface area contributed by atoms with Gasteiger partial charge in [-0.3, -0.25) is 9.59 Å². The number of ketones is 1. The summed E-state index contributed by atoms with van der Waals surface area (Å²) in [6.07, 6.45) is 7.51. The Hall–Kier alpha value is -4.33. The van der Waals surface area contributed by atoms with Gasteiger partial charge in [-0.15, -0.1) is 0 Å². The van der Waals surface area contributed by atoms with Crippen molar-refractivity contribution >= 4 is 17.4 Å². The van der Waals surface area contributed by atoms with Crippen LogP contribution >= 0.6 is 0 Å². The van der Waals surface area contributed by atoms with Gasteiger partial charge in [0.2, 0.25) is 0 Å². The highest BCUT2D eigenvalue weighted by molar-refractivity contribution is 6.46. The zero-order valence-electron chi connectivity index (χ0n) is 20.2. The Bertz CT molecular complexity index is 1250. The van der Waals surface area contributed by atoms with Crippen molar-refractivity contribution in [2.24, 2.45) is 0 Å². The third kappa shape index (κ3) is 5.33. The van der Waals surface area contributed by atoms with Crippen LogP contribution in [0.1, 0.15) is 30.5 Å². The Morgan fingerprint density at radius 1 is 1.11 bits per heavy atom. The Kier molecular flexibility index (Phi) is 7.85. The van der Waals surface area contributed by atoms with Crippen molar-refractivity contribution in [3.05, 3.63) is 96.6 Å². The molecule has 2 aromatic carbocycles. The molecular weight excluding hydrogens is 458 g/mol. The number of aryl methyl sites for hydroxylation is 1. The van der Waals surface area contributed by atoms with Gasteiger partial charge in [0.05, 0.1) is 24.5 Å². The van der Waals surface area contributed by atoms with Crippen LogP contribution in [0.3, 0.4) is 0 Å². The second kappa shape index (κ2) is 11.4. The van der Waals surface area contributed by atoms with Crippen LogP contribution in [-0.4, -0.2) is 51.0 Å². The molecule has 1 fully saturated rings. The van der Waals surface area contributed by atoms with Crippen LogP contribution in [0.15, 0.2) is 85.5 Å². The first kappa shape index (κ1) is 24.8. The van der Waals surface area contributed by atoms with Crippen LogP contribution in [0.4, 0.5) is 0 Å². The molecule has 4 rings (SSSR count). The van der Waals surface area contributed by atoms with Gasteiger partial charge in [-0.25, -0.2) is 4.98 Å². The fourth-order valence-corrected chi connectivity index (χ4v) is 4.26. The number of Topliss-reactive ketones (excluding diaryl/α,β-unsaturated/α-hetero) is 1. The van der Waals surface area contributed by atoms with E-state index in [1.54, 1.807) is 55.0 Å². The molecule has 8 nitrogen and oxygen atoms in total. The van der Waals surface area contributed by atoms with Crippen LogP contribution in [0.25, 0.3) is 5.76 Å². The molecule has 1 unspecified atom stereocenters. The third-order valence-corrected chi connectivity index (χ3v) is 5.90. The first-order valence-corrected chi connectivity index (χ1v) is 11.8. The zero-order chi connectivity index (χ0) is 25.5. The molecule has 1 N–H and O–H groups in total. The SMILES string of the molecule is C=CCOc1ccc(C2/C(=C(\O)c3cccc(OCC)c3)C(=O)C(=O)N2CCCn2ccnc2)cc1. The standard InChI is InChI=1S/C28H29N3O5/c1-3-17-36-22-11-9-20(10-12-22)25-24(26(32)21-7-5-8-23(18-21)35-4-2)27(33)28(34)31(25)15-6-14-30-16-13-29-19-30/h3,5,7-13,16,18-19,25,32H,1,4,6,14-15,17H2,2H3/b26-24+. The summed E-state index contributed by atoms with van der Waals surface area (Å²) in [4.78, 5) is 32.0. The molecule has 8 heteroatoms. The predicted octanol–water partition coefficient (Wildman–Crippen LogP) is 4.36. The number of benzene rings is 2. The van der Waals surface area contributed by atoms with E-state index < -0.39 is 17.7 Å². The number of imidazole rings is 1. The smallest absolute Gasteiger partial charge is 0.295 e. The summed E-state index contributed by atoms with van der Waals surface area (Å²) in [6, 6.07) is 13.3.